The van der Waals surface area contributed by atoms with E-state index in [1.54, 1.807) is 6.20 Å². The van der Waals surface area contributed by atoms with Crippen molar-refractivity contribution >= 4 is 5.82 Å². The number of hydrogen-bond donors (Lipinski definition) is 1. The predicted molar refractivity (Wildman–Crippen MR) is 70.0 cm³/mol. The van der Waals surface area contributed by atoms with E-state index in [1.165, 1.54) is 6.20 Å². The zero-order valence-electron chi connectivity index (χ0n) is 11.2. The van der Waals surface area contributed by atoms with Gasteiger partial charge in [-0.3, -0.25) is 4.98 Å². The monoisotopic (exact) mass is 288 g/mol. The predicted octanol–water partition coefficient (Wildman–Crippen LogP) is 2.27. The van der Waals surface area contributed by atoms with Crippen LogP contribution in [0.4, 0.5) is 19.0 Å². The van der Waals surface area contributed by atoms with Crippen LogP contribution in [-0.4, -0.2) is 40.7 Å². The van der Waals surface area contributed by atoms with E-state index in [0.29, 0.717) is 24.7 Å². The first-order chi connectivity index (χ1) is 9.44. The van der Waals surface area contributed by atoms with Gasteiger partial charge in [-0.15, -0.1) is 0 Å². The smallest absolute Gasteiger partial charge is 0.382 e. The number of aromatic nitrogens is 2. The molecule has 0 bridgehead atoms. The SMILES string of the molecule is Nc1nccnc1C[C@@H]1CCCN(CCC(F)(F)F)C1. The van der Waals surface area contributed by atoms with Crippen LogP contribution in [0.1, 0.15) is 25.0 Å². The Labute approximate surface area is 116 Å². The van der Waals surface area contributed by atoms with E-state index in [4.69, 9.17) is 5.73 Å². The molecule has 1 aliphatic rings. The topological polar surface area (TPSA) is 55.0 Å². The first kappa shape index (κ1) is 15.0. The highest BCUT2D eigenvalue weighted by Gasteiger charge is 2.29. The minimum Gasteiger partial charge on any atom is -0.382 e. The number of nitrogens with two attached hydrogens (primary N) is 1. The maximum absolute atomic E-state index is 12.2. The summed E-state index contributed by atoms with van der Waals surface area (Å²) in [4.78, 5) is 10.1. The second kappa shape index (κ2) is 6.39. The van der Waals surface area contributed by atoms with Gasteiger partial charge in [0.15, 0.2) is 0 Å². The van der Waals surface area contributed by atoms with E-state index in [-0.39, 0.29) is 6.54 Å². The Bertz CT molecular complexity index is 436. The summed E-state index contributed by atoms with van der Waals surface area (Å²) >= 11 is 0. The number of rotatable bonds is 4. The van der Waals surface area contributed by atoms with Gasteiger partial charge < -0.3 is 10.6 Å². The van der Waals surface area contributed by atoms with E-state index >= 15 is 0 Å². The van der Waals surface area contributed by atoms with Crippen LogP contribution in [0.25, 0.3) is 0 Å². The Morgan fingerprint density at radius 3 is 2.75 bits per heavy atom. The molecule has 4 nitrogen and oxygen atoms in total. The zero-order chi connectivity index (χ0) is 14.6. The van der Waals surface area contributed by atoms with Crippen LogP contribution >= 0.6 is 0 Å². The Morgan fingerprint density at radius 2 is 2.05 bits per heavy atom. The Balaban J connectivity index is 1.86. The van der Waals surface area contributed by atoms with Gasteiger partial charge in [-0.05, 0) is 31.7 Å². The number of hydrogen-bond acceptors (Lipinski definition) is 4. The number of nitrogens with zero attached hydrogens (tertiary/aromatic N) is 3. The molecule has 0 aromatic carbocycles. The molecule has 2 heterocycles. The van der Waals surface area contributed by atoms with Crippen molar-refractivity contribution in [3.63, 3.8) is 0 Å². The lowest BCUT2D eigenvalue weighted by molar-refractivity contribution is -0.138. The molecule has 0 radical (unpaired) electrons. The molecule has 112 valence electrons. The molecule has 7 heteroatoms. The van der Waals surface area contributed by atoms with E-state index in [9.17, 15) is 13.2 Å². The molecule has 2 N–H and O–H groups in total. The third-order valence-electron chi connectivity index (χ3n) is 3.60. The Morgan fingerprint density at radius 1 is 1.30 bits per heavy atom. The molecule has 0 aliphatic carbocycles. The van der Waals surface area contributed by atoms with Crippen molar-refractivity contribution in [2.75, 3.05) is 25.4 Å². The van der Waals surface area contributed by atoms with E-state index in [0.717, 1.165) is 25.1 Å². The van der Waals surface area contributed by atoms with Crippen LogP contribution in [0.3, 0.4) is 0 Å². The molecule has 1 aromatic rings. The third kappa shape index (κ3) is 4.63. The first-order valence-corrected chi connectivity index (χ1v) is 6.78. The highest BCUT2D eigenvalue weighted by Crippen LogP contribution is 2.24. The molecule has 1 fully saturated rings. The van der Waals surface area contributed by atoms with E-state index < -0.39 is 12.6 Å². The van der Waals surface area contributed by atoms with Gasteiger partial charge in [0.25, 0.3) is 0 Å². The third-order valence-corrected chi connectivity index (χ3v) is 3.60. The van der Waals surface area contributed by atoms with Gasteiger partial charge in [0.1, 0.15) is 5.82 Å². The van der Waals surface area contributed by atoms with Crippen molar-refractivity contribution in [2.45, 2.75) is 31.9 Å². The maximum Gasteiger partial charge on any atom is 0.390 e. The van der Waals surface area contributed by atoms with Crippen LogP contribution in [-0.2, 0) is 6.42 Å². The highest BCUT2D eigenvalue weighted by atomic mass is 19.4. The Hall–Kier alpha value is -1.37. The fourth-order valence-electron chi connectivity index (χ4n) is 2.61. The molecule has 1 aliphatic heterocycles. The molecule has 0 amide bonds. The van der Waals surface area contributed by atoms with Crippen molar-refractivity contribution < 1.29 is 13.2 Å². The summed E-state index contributed by atoms with van der Waals surface area (Å²) < 4.78 is 36.7. The van der Waals surface area contributed by atoms with Crippen LogP contribution in [0.2, 0.25) is 0 Å². The molecular weight excluding hydrogens is 269 g/mol. The largest absolute Gasteiger partial charge is 0.390 e. The molecule has 0 unspecified atom stereocenters. The summed E-state index contributed by atoms with van der Waals surface area (Å²) in [5, 5.41) is 0. The standard InChI is InChI=1S/C13H19F3N4/c14-13(15,16)3-7-20-6-1-2-10(9-20)8-11-12(17)19-5-4-18-11/h4-5,10H,1-3,6-9H2,(H2,17,19)/t10-/m0/s1. The summed E-state index contributed by atoms with van der Waals surface area (Å²) in [5.41, 5.74) is 6.50. The second-order valence-electron chi connectivity index (χ2n) is 5.27. The van der Waals surface area contributed by atoms with Gasteiger partial charge in [-0.1, -0.05) is 0 Å². The summed E-state index contributed by atoms with van der Waals surface area (Å²) in [7, 11) is 0. The first-order valence-electron chi connectivity index (χ1n) is 6.78. The second-order valence-corrected chi connectivity index (χ2v) is 5.27. The van der Waals surface area contributed by atoms with Gasteiger partial charge in [0, 0.05) is 25.5 Å². The number of piperidine rings is 1. The number of anilines is 1. The highest BCUT2D eigenvalue weighted by molar-refractivity contribution is 5.33. The van der Waals surface area contributed by atoms with Crippen LogP contribution < -0.4 is 5.73 Å². The van der Waals surface area contributed by atoms with Crippen molar-refractivity contribution in [2.24, 2.45) is 5.92 Å². The summed E-state index contributed by atoms with van der Waals surface area (Å²) in [5.74, 6) is 0.718. The number of alkyl halides is 3. The molecule has 1 aromatic heterocycles. The molecule has 20 heavy (non-hydrogen) atoms. The minimum absolute atomic E-state index is 0.0793. The molecule has 2 rings (SSSR count). The van der Waals surface area contributed by atoms with Crippen molar-refractivity contribution in [1.82, 2.24) is 14.9 Å². The van der Waals surface area contributed by atoms with Gasteiger partial charge in [0.2, 0.25) is 0 Å². The number of halogens is 3. The average molecular weight is 288 g/mol. The van der Waals surface area contributed by atoms with Crippen LogP contribution in [0.15, 0.2) is 12.4 Å². The van der Waals surface area contributed by atoms with Gasteiger partial charge in [-0.25, -0.2) is 4.98 Å². The fourth-order valence-corrected chi connectivity index (χ4v) is 2.61. The quantitative estimate of drug-likeness (QED) is 0.923. The lowest BCUT2D eigenvalue weighted by Crippen LogP contribution is -2.38. The lowest BCUT2D eigenvalue weighted by atomic mass is 9.93. The molecule has 0 saturated carbocycles. The maximum atomic E-state index is 12.2. The van der Waals surface area contributed by atoms with Gasteiger partial charge in [0.05, 0.1) is 12.1 Å². The summed E-state index contributed by atoms with van der Waals surface area (Å²) in [6, 6.07) is 0. The summed E-state index contributed by atoms with van der Waals surface area (Å²) in [6.45, 7) is 1.49. The molecule has 1 atom stereocenters. The van der Waals surface area contributed by atoms with Gasteiger partial charge >= 0.3 is 6.18 Å². The van der Waals surface area contributed by atoms with Crippen molar-refractivity contribution in [3.8, 4) is 0 Å². The van der Waals surface area contributed by atoms with Crippen molar-refractivity contribution in [3.05, 3.63) is 18.1 Å². The number of nitrogen functional groups attached to an aromatic ring is 1. The van der Waals surface area contributed by atoms with Crippen LogP contribution in [0.5, 0.6) is 0 Å². The van der Waals surface area contributed by atoms with Crippen molar-refractivity contribution in [1.29, 1.82) is 0 Å². The lowest BCUT2D eigenvalue weighted by Gasteiger charge is -2.32. The Kier molecular flexibility index (Phi) is 4.80. The van der Waals surface area contributed by atoms with Gasteiger partial charge in [-0.2, -0.15) is 13.2 Å². The van der Waals surface area contributed by atoms with E-state index in [1.807, 2.05) is 4.90 Å². The van der Waals surface area contributed by atoms with Crippen LogP contribution in [0, 0.1) is 5.92 Å². The zero-order valence-corrected chi connectivity index (χ0v) is 11.2. The number of likely N-dealkylation sites (tertiary alicyclic amines) is 1. The summed E-state index contributed by atoms with van der Waals surface area (Å²) in [6.07, 6.45) is 0.907. The van der Waals surface area contributed by atoms with E-state index in [2.05, 4.69) is 9.97 Å². The fraction of sp³-hybridized carbons (Fsp3) is 0.692. The normalized spacial score (nSPS) is 21.1. The molecular formula is C13H19F3N4. The molecule has 1 saturated heterocycles. The average Bonchev–Trinajstić information content (AvgIpc) is 2.39. The molecule has 0 spiro atoms. The minimum atomic E-state index is -4.08.